The topological polar surface area (TPSA) is 90.3 Å². The van der Waals surface area contributed by atoms with Crippen LogP contribution in [0, 0.1) is 5.92 Å². The molecule has 0 saturated heterocycles. The smallest absolute Gasteiger partial charge is 0.162 e. The summed E-state index contributed by atoms with van der Waals surface area (Å²) < 4.78 is 2.29. The fraction of sp³-hybridized carbons (Fsp3) is 0.526. The third-order valence-electron chi connectivity index (χ3n) is 4.90. The highest BCUT2D eigenvalue weighted by Gasteiger charge is 2.26. The number of nitrogens with zero attached hydrogens (tertiary/aromatic N) is 4. The maximum absolute atomic E-state index is 5.58. The van der Waals surface area contributed by atoms with Crippen LogP contribution in [0.5, 0.6) is 0 Å². The van der Waals surface area contributed by atoms with Gasteiger partial charge in [0.25, 0.3) is 0 Å². The van der Waals surface area contributed by atoms with Gasteiger partial charge in [0, 0.05) is 18.5 Å². The van der Waals surface area contributed by atoms with Gasteiger partial charge in [0.15, 0.2) is 5.82 Å². The van der Waals surface area contributed by atoms with E-state index in [1.807, 2.05) is 13.0 Å². The van der Waals surface area contributed by atoms with Crippen molar-refractivity contribution >= 4 is 23.1 Å². The third-order valence-corrected chi connectivity index (χ3v) is 4.90. The molecule has 1 saturated carbocycles. The number of fused-ring (bicyclic) bond motifs is 1. The molecule has 0 radical (unpaired) electrons. The number of hydrogen-bond acceptors (Lipinski definition) is 6. The van der Waals surface area contributed by atoms with E-state index in [1.54, 1.807) is 19.7 Å². The summed E-state index contributed by atoms with van der Waals surface area (Å²) in [6.07, 6.45) is 15.5. The van der Waals surface area contributed by atoms with Gasteiger partial charge in [-0.2, -0.15) is 0 Å². The average Bonchev–Trinajstić information content (AvgIpc) is 3.25. The summed E-state index contributed by atoms with van der Waals surface area (Å²) in [6, 6.07) is 2.57. The number of aliphatic imine (C=N–C) groups is 1. The first-order valence-electron chi connectivity index (χ1n) is 9.23. The van der Waals surface area contributed by atoms with Crippen molar-refractivity contribution in [3.63, 3.8) is 0 Å². The lowest BCUT2D eigenvalue weighted by molar-refractivity contribution is 0.269. The Morgan fingerprint density at radius 1 is 1.46 bits per heavy atom. The van der Waals surface area contributed by atoms with Crippen LogP contribution in [0.25, 0.3) is 11.0 Å². The molecule has 7 heteroatoms. The molecule has 1 aliphatic carbocycles. The Hall–Kier alpha value is -2.25. The fourth-order valence-corrected chi connectivity index (χ4v) is 3.68. The molecule has 3 unspecified atom stereocenters. The van der Waals surface area contributed by atoms with E-state index in [-0.39, 0.29) is 6.17 Å². The van der Waals surface area contributed by atoms with Crippen molar-refractivity contribution in [3.8, 4) is 0 Å². The van der Waals surface area contributed by atoms with Gasteiger partial charge >= 0.3 is 0 Å². The van der Waals surface area contributed by atoms with Gasteiger partial charge in [-0.05, 0) is 57.1 Å². The zero-order valence-corrected chi connectivity index (χ0v) is 15.5. The van der Waals surface area contributed by atoms with Gasteiger partial charge in [-0.3, -0.25) is 9.83 Å². The molecule has 3 atom stereocenters. The van der Waals surface area contributed by atoms with Gasteiger partial charge in [-0.1, -0.05) is 6.08 Å². The molecule has 3 N–H and O–H groups in total. The molecule has 0 aliphatic heterocycles. The number of aromatic nitrogens is 3. The first kappa shape index (κ1) is 18.5. The van der Waals surface area contributed by atoms with Crippen molar-refractivity contribution in [3.05, 3.63) is 30.7 Å². The minimum absolute atomic E-state index is 0.130. The Morgan fingerprint density at radius 3 is 3.15 bits per heavy atom. The predicted octanol–water partition coefficient (Wildman–Crippen LogP) is 3.46. The number of hydrogen-bond donors (Lipinski definition) is 2. The highest BCUT2D eigenvalue weighted by Crippen LogP contribution is 2.39. The fourth-order valence-electron chi connectivity index (χ4n) is 3.68. The summed E-state index contributed by atoms with van der Waals surface area (Å²) in [5, 5.41) is 0.995. The maximum Gasteiger partial charge on any atom is 0.162 e. The molecule has 7 nitrogen and oxygen atoms in total. The highest BCUT2D eigenvalue weighted by atomic mass is 16.6. The zero-order valence-electron chi connectivity index (χ0n) is 15.5. The van der Waals surface area contributed by atoms with Crippen LogP contribution < -0.4 is 11.2 Å². The van der Waals surface area contributed by atoms with Gasteiger partial charge in [-0.25, -0.2) is 15.4 Å². The van der Waals surface area contributed by atoms with Gasteiger partial charge in [0.1, 0.15) is 12.0 Å². The molecule has 140 valence electrons. The number of nitrogens with two attached hydrogens (primary N) is 1. The maximum atomic E-state index is 5.58. The van der Waals surface area contributed by atoms with Crippen molar-refractivity contribution in [1.29, 1.82) is 0 Å². The monoisotopic (exact) mass is 356 g/mol. The van der Waals surface area contributed by atoms with E-state index in [9.17, 15) is 0 Å². The SMILES string of the molecule is CONc1ncnc2c1ccn2C1CCC(CC/C=C/C=N/C(C)N)C1. The van der Waals surface area contributed by atoms with Crippen molar-refractivity contribution < 1.29 is 4.84 Å². The summed E-state index contributed by atoms with van der Waals surface area (Å²) in [6.45, 7) is 1.87. The van der Waals surface area contributed by atoms with Gasteiger partial charge in [0.2, 0.25) is 0 Å². The van der Waals surface area contributed by atoms with Crippen LogP contribution >= 0.6 is 0 Å². The number of rotatable bonds is 8. The molecule has 1 aliphatic rings. The second kappa shape index (κ2) is 8.91. The van der Waals surface area contributed by atoms with Gasteiger partial charge in [0.05, 0.1) is 18.7 Å². The normalized spacial score (nSPS) is 22.0. The number of nitrogens with one attached hydrogen (secondary N) is 1. The molecule has 0 aromatic carbocycles. The van der Waals surface area contributed by atoms with Crippen LogP contribution in [-0.4, -0.2) is 34.0 Å². The summed E-state index contributed by atoms with van der Waals surface area (Å²) in [4.78, 5) is 17.9. The van der Waals surface area contributed by atoms with E-state index in [0.717, 1.165) is 23.4 Å². The Balaban J connectivity index is 1.57. The number of anilines is 1. The summed E-state index contributed by atoms with van der Waals surface area (Å²) in [5.74, 6) is 1.47. The lowest BCUT2D eigenvalue weighted by Crippen LogP contribution is -2.10. The van der Waals surface area contributed by atoms with Crippen molar-refractivity contribution in [2.24, 2.45) is 16.6 Å². The van der Waals surface area contributed by atoms with E-state index in [1.165, 1.54) is 25.7 Å². The predicted molar refractivity (Wildman–Crippen MR) is 105 cm³/mol. The summed E-state index contributed by atoms with van der Waals surface area (Å²) in [5.41, 5.74) is 9.37. The second-order valence-corrected chi connectivity index (χ2v) is 6.87. The Bertz CT molecular complexity index is 766. The minimum Gasteiger partial charge on any atom is -0.329 e. The molecule has 0 spiro atoms. The Morgan fingerprint density at radius 2 is 2.35 bits per heavy atom. The summed E-state index contributed by atoms with van der Waals surface area (Å²) in [7, 11) is 1.59. The lowest BCUT2D eigenvalue weighted by Gasteiger charge is -2.14. The lowest BCUT2D eigenvalue weighted by atomic mass is 10.0. The van der Waals surface area contributed by atoms with Gasteiger partial charge in [-0.15, -0.1) is 0 Å². The van der Waals surface area contributed by atoms with E-state index >= 15 is 0 Å². The molecular formula is C19H28N6O. The van der Waals surface area contributed by atoms with Crippen molar-refractivity contribution in [2.75, 3.05) is 12.6 Å². The van der Waals surface area contributed by atoms with Gasteiger partial charge < -0.3 is 10.3 Å². The van der Waals surface area contributed by atoms with Crippen molar-refractivity contribution in [1.82, 2.24) is 14.5 Å². The van der Waals surface area contributed by atoms with E-state index in [4.69, 9.17) is 10.6 Å². The largest absolute Gasteiger partial charge is 0.329 e. The van der Waals surface area contributed by atoms with Crippen LogP contribution in [0.3, 0.4) is 0 Å². The average molecular weight is 356 g/mol. The molecule has 0 bridgehead atoms. The quantitative estimate of drug-likeness (QED) is 0.558. The Labute approximate surface area is 154 Å². The molecule has 26 heavy (non-hydrogen) atoms. The highest BCUT2D eigenvalue weighted by molar-refractivity contribution is 5.87. The first-order chi connectivity index (χ1) is 12.7. The summed E-state index contributed by atoms with van der Waals surface area (Å²) >= 11 is 0. The first-order valence-corrected chi connectivity index (χ1v) is 9.23. The molecule has 1 fully saturated rings. The molecule has 2 heterocycles. The van der Waals surface area contributed by atoms with Crippen LogP contribution in [0.2, 0.25) is 0 Å². The standard InChI is InChI=1S/C19H28N6O/c1-14(20)21-10-5-3-4-6-15-7-8-16(12-15)25-11-9-17-18(24-26-2)22-13-23-19(17)25/h3,5,9-11,13-16H,4,6-8,12,20H2,1-2H3,(H,22,23,24)/b5-3+,21-10+. The molecule has 2 aromatic rings. The Kier molecular flexibility index (Phi) is 6.35. The molecular weight excluding hydrogens is 328 g/mol. The van der Waals surface area contributed by atoms with Crippen LogP contribution in [0.15, 0.2) is 35.7 Å². The number of allylic oxidation sites excluding steroid dienone is 2. The second-order valence-electron chi connectivity index (χ2n) is 6.87. The van der Waals surface area contributed by atoms with E-state index in [2.05, 4.69) is 43.3 Å². The van der Waals surface area contributed by atoms with Crippen LogP contribution in [0.1, 0.15) is 45.1 Å². The minimum atomic E-state index is -0.130. The van der Waals surface area contributed by atoms with E-state index < -0.39 is 0 Å². The molecule has 3 rings (SSSR count). The van der Waals surface area contributed by atoms with E-state index in [0.29, 0.717) is 11.9 Å². The molecule has 2 aromatic heterocycles. The van der Waals surface area contributed by atoms with Crippen LogP contribution in [-0.2, 0) is 4.84 Å². The molecule has 0 amide bonds. The third kappa shape index (κ3) is 4.47. The van der Waals surface area contributed by atoms with Crippen molar-refractivity contribution in [2.45, 2.75) is 51.2 Å². The van der Waals surface area contributed by atoms with Crippen LogP contribution in [0.4, 0.5) is 5.82 Å². The zero-order chi connectivity index (χ0) is 18.4.